The van der Waals surface area contributed by atoms with Crippen LogP contribution in [0.3, 0.4) is 0 Å². The van der Waals surface area contributed by atoms with Gasteiger partial charge in [0.25, 0.3) is 5.91 Å². The number of halogens is 1. The first-order valence-corrected chi connectivity index (χ1v) is 7.83. The Bertz CT molecular complexity index is 774. The van der Waals surface area contributed by atoms with Gasteiger partial charge in [0.05, 0.1) is 0 Å². The van der Waals surface area contributed by atoms with Crippen molar-refractivity contribution in [2.24, 2.45) is 0 Å². The molecule has 3 aromatic rings. The van der Waals surface area contributed by atoms with Crippen LogP contribution in [-0.4, -0.2) is 15.9 Å². The Hall–Kier alpha value is -2.05. The minimum absolute atomic E-state index is 0.251. The van der Waals surface area contributed by atoms with E-state index in [2.05, 4.69) is 31.2 Å². The molecule has 2 aromatic heterocycles. The molecule has 1 amide bonds. The zero-order chi connectivity index (χ0) is 14.7. The maximum atomic E-state index is 12.2. The van der Waals surface area contributed by atoms with Crippen molar-refractivity contribution in [3.63, 3.8) is 0 Å². The van der Waals surface area contributed by atoms with Crippen LogP contribution in [-0.2, 0) is 0 Å². The second-order valence-electron chi connectivity index (χ2n) is 4.21. The average Bonchev–Trinajstić information content (AvgIpc) is 3.02. The number of nitrogens with one attached hydrogen (secondary N) is 1. The molecule has 0 aliphatic rings. The van der Waals surface area contributed by atoms with E-state index in [1.807, 2.05) is 29.6 Å². The molecule has 0 radical (unpaired) electrons. The lowest BCUT2D eigenvalue weighted by atomic mass is 10.2. The summed E-state index contributed by atoms with van der Waals surface area (Å²) in [6.07, 6.45) is 3.35. The second-order valence-corrected chi connectivity index (χ2v) is 5.95. The van der Waals surface area contributed by atoms with Crippen LogP contribution >= 0.6 is 27.3 Å². The average molecular weight is 360 g/mol. The molecule has 0 saturated heterocycles. The van der Waals surface area contributed by atoms with Crippen molar-refractivity contribution in [2.75, 3.05) is 5.32 Å². The highest BCUT2D eigenvalue weighted by Crippen LogP contribution is 2.25. The molecule has 0 spiro atoms. The first-order chi connectivity index (χ1) is 10.2. The van der Waals surface area contributed by atoms with Crippen LogP contribution in [0.1, 0.15) is 10.5 Å². The smallest absolute Gasteiger partial charge is 0.275 e. The number of nitrogens with zero attached hydrogens (tertiary/aromatic N) is 2. The Morgan fingerprint density at radius 1 is 1.14 bits per heavy atom. The number of carbonyl (C=O) groups excluding carboxylic acids is 1. The van der Waals surface area contributed by atoms with Gasteiger partial charge in [-0.25, -0.2) is 9.97 Å². The third kappa shape index (κ3) is 3.17. The first-order valence-electron chi connectivity index (χ1n) is 6.16. The molecule has 6 heteroatoms. The lowest BCUT2D eigenvalue weighted by Crippen LogP contribution is -2.14. The number of pyridine rings is 1. The summed E-state index contributed by atoms with van der Waals surface area (Å²) in [7, 11) is 0. The van der Waals surface area contributed by atoms with E-state index in [9.17, 15) is 4.79 Å². The van der Waals surface area contributed by atoms with Crippen LogP contribution in [0.5, 0.6) is 0 Å². The topological polar surface area (TPSA) is 54.9 Å². The zero-order valence-corrected chi connectivity index (χ0v) is 13.2. The van der Waals surface area contributed by atoms with E-state index in [0.29, 0.717) is 15.9 Å². The van der Waals surface area contributed by atoms with Gasteiger partial charge in [0, 0.05) is 33.5 Å². The van der Waals surface area contributed by atoms with E-state index in [1.165, 1.54) is 0 Å². The van der Waals surface area contributed by atoms with Crippen molar-refractivity contribution in [3.05, 3.63) is 64.3 Å². The summed E-state index contributed by atoms with van der Waals surface area (Å²) in [5, 5.41) is 5.69. The summed E-state index contributed by atoms with van der Waals surface area (Å²) in [5.41, 5.74) is 2.05. The van der Waals surface area contributed by atoms with E-state index in [-0.39, 0.29) is 5.91 Å². The van der Waals surface area contributed by atoms with Crippen LogP contribution in [0.25, 0.3) is 10.6 Å². The molecule has 4 nitrogen and oxygen atoms in total. The number of carbonyl (C=O) groups is 1. The first kappa shape index (κ1) is 13.9. The molecule has 1 aromatic carbocycles. The van der Waals surface area contributed by atoms with Gasteiger partial charge in [-0.3, -0.25) is 4.79 Å². The standard InChI is InChI=1S/C15H10BrN3OS/c16-12-5-2-6-17-13(12)14(20)19-11-4-1-3-10(9-11)15-18-7-8-21-15/h1-9H,(H,19,20). The molecular weight excluding hydrogens is 350 g/mol. The number of rotatable bonds is 3. The minimum Gasteiger partial charge on any atom is -0.321 e. The van der Waals surface area contributed by atoms with Crippen LogP contribution < -0.4 is 5.32 Å². The number of amides is 1. The Balaban J connectivity index is 1.84. The number of hydrogen-bond acceptors (Lipinski definition) is 4. The molecule has 0 atom stereocenters. The van der Waals surface area contributed by atoms with Gasteiger partial charge in [-0.15, -0.1) is 11.3 Å². The molecule has 21 heavy (non-hydrogen) atoms. The summed E-state index contributed by atoms with van der Waals surface area (Å²) in [6.45, 7) is 0. The highest BCUT2D eigenvalue weighted by molar-refractivity contribution is 9.10. The Labute approximate surface area is 134 Å². The predicted octanol–water partition coefficient (Wildman–Crippen LogP) is 4.22. The highest BCUT2D eigenvalue weighted by atomic mass is 79.9. The summed E-state index contributed by atoms with van der Waals surface area (Å²) in [5.74, 6) is -0.251. The number of hydrogen-bond donors (Lipinski definition) is 1. The molecule has 0 aliphatic carbocycles. The van der Waals surface area contributed by atoms with Gasteiger partial charge in [-0.05, 0) is 40.2 Å². The fourth-order valence-electron chi connectivity index (χ4n) is 1.84. The molecular formula is C15H10BrN3OS. The lowest BCUT2D eigenvalue weighted by molar-refractivity contribution is 0.102. The van der Waals surface area contributed by atoms with Crippen LogP contribution in [0, 0.1) is 0 Å². The molecule has 0 bridgehead atoms. The number of benzene rings is 1. The lowest BCUT2D eigenvalue weighted by Gasteiger charge is -2.07. The third-order valence-corrected chi connectivity index (χ3v) is 4.24. The van der Waals surface area contributed by atoms with Gasteiger partial charge < -0.3 is 5.32 Å². The number of aromatic nitrogens is 2. The van der Waals surface area contributed by atoms with Crippen molar-refractivity contribution in [1.82, 2.24) is 9.97 Å². The van der Waals surface area contributed by atoms with Crippen molar-refractivity contribution >= 4 is 38.9 Å². The van der Waals surface area contributed by atoms with E-state index in [1.54, 1.807) is 35.9 Å². The minimum atomic E-state index is -0.251. The molecule has 3 rings (SSSR count). The Kier molecular flexibility index (Phi) is 4.08. The summed E-state index contributed by atoms with van der Waals surface area (Å²) >= 11 is 4.88. The SMILES string of the molecule is O=C(Nc1cccc(-c2nccs2)c1)c1ncccc1Br. The van der Waals surface area contributed by atoms with E-state index >= 15 is 0 Å². The van der Waals surface area contributed by atoms with E-state index in [4.69, 9.17) is 0 Å². The molecule has 1 N–H and O–H groups in total. The van der Waals surface area contributed by atoms with Crippen molar-refractivity contribution < 1.29 is 4.79 Å². The predicted molar refractivity (Wildman–Crippen MR) is 87.4 cm³/mol. The summed E-state index contributed by atoms with van der Waals surface area (Å²) in [6, 6.07) is 11.1. The maximum Gasteiger partial charge on any atom is 0.275 e. The van der Waals surface area contributed by atoms with Gasteiger partial charge in [-0.1, -0.05) is 12.1 Å². The number of thiazole rings is 1. The monoisotopic (exact) mass is 359 g/mol. The summed E-state index contributed by atoms with van der Waals surface area (Å²) < 4.78 is 0.665. The normalized spacial score (nSPS) is 10.3. The van der Waals surface area contributed by atoms with Crippen molar-refractivity contribution in [1.29, 1.82) is 0 Å². The molecule has 0 fully saturated rings. The van der Waals surface area contributed by atoms with Gasteiger partial charge in [0.2, 0.25) is 0 Å². The highest BCUT2D eigenvalue weighted by Gasteiger charge is 2.11. The zero-order valence-electron chi connectivity index (χ0n) is 10.8. The quantitative estimate of drug-likeness (QED) is 0.761. The van der Waals surface area contributed by atoms with E-state index < -0.39 is 0 Å². The van der Waals surface area contributed by atoms with Gasteiger partial charge in [0.1, 0.15) is 10.7 Å². The van der Waals surface area contributed by atoms with Crippen LogP contribution in [0.2, 0.25) is 0 Å². The van der Waals surface area contributed by atoms with Gasteiger partial charge in [0.15, 0.2) is 0 Å². The molecule has 0 unspecified atom stereocenters. The van der Waals surface area contributed by atoms with Crippen molar-refractivity contribution in [2.45, 2.75) is 0 Å². The molecule has 0 saturated carbocycles. The van der Waals surface area contributed by atoms with Gasteiger partial charge in [-0.2, -0.15) is 0 Å². The third-order valence-electron chi connectivity index (χ3n) is 2.77. The fourth-order valence-corrected chi connectivity index (χ4v) is 2.91. The van der Waals surface area contributed by atoms with Crippen molar-refractivity contribution in [3.8, 4) is 10.6 Å². The Morgan fingerprint density at radius 3 is 2.81 bits per heavy atom. The van der Waals surface area contributed by atoms with Gasteiger partial charge >= 0.3 is 0 Å². The Morgan fingerprint density at radius 2 is 2.05 bits per heavy atom. The molecule has 104 valence electrons. The fraction of sp³-hybridized carbons (Fsp3) is 0. The number of anilines is 1. The van der Waals surface area contributed by atoms with E-state index in [0.717, 1.165) is 10.6 Å². The second kappa shape index (κ2) is 6.15. The van der Waals surface area contributed by atoms with Crippen LogP contribution in [0.4, 0.5) is 5.69 Å². The molecule has 2 heterocycles. The van der Waals surface area contributed by atoms with Crippen LogP contribution in [0.15, 0.2) is 58.6 Å². The summed E-state index contributed by atoms with van der Waals surface area (Å²) in [4.78, 5) is 20.6. The molecule has 0 aliphatic heterocycles. The largest absolute Gasteiger partial charge is 0.321 e. The maximum absolute atomic E-state index is 12.2.